The second-order valence-corrected chi connectivity index (χ2v) is 23.0. The summed E-state index contributed by atoms with van der Waals surface area (Å²) in [6, 6.07) is 34.5. The van der Waals surface area contributed by atoms with Crippen molar-refractivity contribution in [3.63, 3.8) is 0 Å². The molecule has 16 heteroatoms. The van der Waals surface area contributed by atoms with Crippen LogP contribution in [0.5, 0.6) is 0 Å². The van der Waals surface area contributed by atoms with Crippen LogP contribution in [-0.4, -0.2) is 57.6 Å². The standard InChI is InChI=1S/C21H19N2O2.2C15H23N2O2.2ClH.Li.Zr/c24-20(22-14-16-8-3-1-4-9-16)18-12-7-13-19(18)21(25)23-15-17-10-5-2-6-11-17;2*1-14(2,3)16-12(18)10-8-7-9-11(10)13(19)17-15(4,5)6;;;;/h1-13H,14-15H2,(H,22,24)(H,23,25);2*7-9H,1-6H3,(H,16,18)(H,17,19);2*1H;;/q3*-1;;;+1;+4/p-2. The average Bonchev–Trinajstić information content (AvgIpc) is 4.00. The van der Waals surface area contributed by atoms with Gasteiger partial charge < -0.3 is 46.3 Å². The molecule has 6 amide bonds. The molecular weight excluding hydrogens is 962 g/mol. The number of hydrogen-bond acceptors (Lipinski definition) is 6. The van der Waals surface area contributed by atoms with E-state index in [1.807, 2.05) is 144 Å². The van der Waals surface area contributed by atoms with Gasteiger partial charge in [0.05, 0.1) is 0 Å². The van der Waals surface area contributed by atoms with Crippen LogP contribution in [0, 0.1) is 0 Å². The normalized spacial score (nSPS) is 10.8. The first-order valence-electron chi connectivity index (χ1n) is 21.3. The number of amides is 6. The third kappa shape index (κ3) is 23.8. The Kier molecular flexibility index (Phi) is 25.2. The van der Waals surface area contributed by atoms with Gasteiger partial charge in [0.1, 0.15) is 0 Å². The van der Waals surface area contributed by atoms with Crippen LogP contribution < -0.4 is 50.8 Å². The van der Waals surface area contributed by atoms with Crippen LogP contribution in [-0.2, 0) is 33.9 Å². The van der Waals surface area contributed by atoms with Gasteiger partial charge in [-0.25, -0.2) is 0 Å². The van der Waals surface area contributed by atoms with Gasteiger partial charge in [0.15, 0.2) is 17.7 Å². The quantitative estimate of drug-likeness (QED) is 0.0682. The van der Waals surface area contributed by atoms with Crippen molar-refractivity contribution in [3.05, 3.63) is 160 Å². The SMILES string of the molecule is CC(C)(C)NC(=O)c1ccc[c-]1C(=O)NC(C)(C)C.CC(C)(C)NC(=O)c1ccc[c-]1C(=O)NC(C)(C)C.O=C(NCc1ccccc1)c1ccc[c-]1C(=O)NCc1ccccc1.[Cl][Zr+2][Cl].[Li+]. The first kappa shape index (κ1) is 60.4. The Balaban J connectivity index is 0.000000491. The zero-order valence-corrected chi connectivity index (χ0v) is 45.1. The van der Waals surface area contributed by atoms with Gasteiger partial charge in [0.2, 0.25) is 17.7 Å². The topological polar surface area (TPSA) is 175 Å². The molecular formula is C51H65Cl2LiN6O6Zr. The molecule has 67 heavy (non-hydrogen) atoms. The summed E-state index contributed by atoms with van der Waals surface area (Å²) >= 11 is -0.826. The summed E-state index contributed by atoms with van der Waals surface area (Å²) < 4.78 is 0. The van der Waals surface area contributed by atoms with E-state index in [-0.39, 0.29) is 76.5 Å². The van der Waals surface area contributed by atoms with Crippen molar-refractivity contribution in [2.75, 3.05) is 0 Å². The average molecular weight is 1030 g/mol. The molecule has 5 aromatic carbocycles. The fourth-order valence-electron chi connectivity index (χ4n) is 5.83. The molecule has 0 atom stereocenters. The van der Waals surface area contributed by atoms with Crippen molar-refractivity contribution < 1.29 is 68.5 Å². The number of benzene rings is 2. The molecule has 0 unspecified atom stereocenters. The van der Waals surface area contributed by atoms with Gasteiger partial charge in [-0.1, -0.05) is 77.4 Å². The van der Waals surface area contributed by atoms with E-state index in [0.29, 0.717) is 46.5 Å². The molecule has 0 saturated heterocycles. The van der Waals surface area contributed by atoms with Crippen molar-refractivity contribution in [3.8, 4) is 0 Å². The maximum atomic E-state index is 12.4. The van der Waals surface area contributed by atoms with E-state index in [4.69, 9.17) is 17.0 Å². The molecule has 0 fully saturated rings. The third-order valence-corrected chi connectivity index (χ3v) is 8.46. The van der Waals surface area contributed by atoms with Gasteiger partial charge in [-0.15, -0.1) is 18.2 Å². The fraction of sp³-hybridized carbons (Fsp3) is 0.353. The zero-order valence-electron chi connectivity index (χ0n) is 41.1. The number of rotatable bonds is 10. The van der Waals surface area contributed by atoms with Crippen LogP contribution in [0.4, 0.5) is 0 Å². The minimum atomic E-state index is -0.826. The van der Waals surface area contributed by atoms with E-state index in [9.17, 15) is 28.8 Å². The van der Waals surface area contributed by atoms with Crippen LogP contribution in [0.2, 0.25) is 0 Å². The molecule has 0 aliphatic heterocycles. The predicted octanol–water partition coefficient (Wildman–Crippen LogP) is 6.57. The minimum Gasteiger partial charge on any atom is 1.00 e. The van der Waals surface area contributed by atoms with E-state index in [2.05, 4.69) is 31.9 Å². The van der Waals surface area contributed by atoms with Crippen LogP contribution in [0.25, 0.3) is 0 Å². The molecule has 12 nitrogen and oxygen atoms in total. The summed E-state index contributed by atoms with van der Waals surface area (Å²) in [4.78, 5) is 73.3. The van der Waals surface area contributed by atoms with E-state index < -0.39 is 20.8 Å². The number of hydrogen-bond donors (Lipinski definition) is 6. The summed E-state index contributed by atoms with van der Waals surface area (Å²) in [5.41, 5.74) is 3.15. The maximum Gasteiger partial charge on any atom is 1.00 e. The Morgan fingerprint density at radius 1 is 0.418 bits per heavy atom. The summed E-state index contributed by atoms with van der Waals surface area (Å²) in [6.07, 6.45) is 0. The van der Waals surface area contributed by atoms with E-state index >= 15 is 0 Å². The molecule has 0 radical (unpaired) electrons. The van der Waals surface area contributed by atoms with E-state index in [1.54, 1.807) is 54.6 Å². The fourth-order valence-corrected chi connectivity index (χ4v) is 5.83. The molecule has 354 valence electrons. The van der Waals surface area contributed by atoms with Crippen LogP contribution in [0.15, 0.2) is 115 Å². The summed E-state index contributed by atoms with van der Waals surface area (Å²) in [7, 11) is 9.87. The molecule has 5 rings (SSSR count). The van der Waals surface area contributed by atoms with Gasteiger partial charge in [-0.3, -0.25) is 14.4 Å². The third-order valence-electron chi connectivity index (χ3n) is 8.46. The van der Waals surface area contributed by atoms with Gasteiger partial charge in [0, 0.05) is 35.2 Å². The van der Waals surface area contributed by atoms with Gasteiger partial charge in [-0.2, -0.15) is 36.4 Å². The monoisotopic (exact) mass is 1020 g/mol. The number of carbonyl (C=O) groups excluding carboxylic acids is 6. The second kappa shape index (κ2) is 28.0. The van der Waals surface area contributed by atoms with Crippen LogP contribution in [0.1, 0.15) is 156 Å². The van der Waals surface area contributed by atoms with Gasteiger partial charge >= 0.3 is 56.7 Å². The largest absolute Gasteiger partial charge is 1.00 e. The predicted molar refractivity (Wildman–Crippen MR) is 262 cm³/mol. The Labute approximate surface area is 427 Å². The molecule has 0 bridgehead atoms. The number of carbonyl (C=O) groups is 6. The summed E-state index contributed by atoms with van der Waals surface area (Å²) in [6.45, 7) is 23.7. The number of nitrogens with one attached hydrogen (secondary N) is 6. The molecule has 0 aromatic heterocycles. The first-order valence-corrected chi connectivity index (χ1v) is 27.7. The Hall–Kier alpha value is -4.63. The van der Waals surface area contributed by atoms with Crippen molar-refractivity contribution in [1.29, 1.82) is 0 Å². The Morgan fingerprint density at radius 3 is 1.01 bits per heavy atom. The van der Waals surface area contributed by atoms with Gasteiger partial charge in [-0.05, 0) is 111 Å². The van der Waals surface area contributed by atoms with Crippen molar-refractivity contribution in [1.82, 2.24) is 31.9 Å². The molecule has 0 aliphatic rings. The van der Waals surface area contributed by atoms with Crippen molar-refractivity contribution in [2.24, 2.45) is 0 Å². The van der Waals surface area contributed by atoms with Crippen LogP contribution in [0.3, 0.4) is 0 Å². The molecule has 0 saturated carbocycles. The molecule has 0 spiro atoms. The Morgan fingerprint density at radius 2 is 0.701 bits per heavy atom. The minimum absolute atomic E-state index is 0. The Bertz CT molecular complexity index is 2090. The number of halogens is 2. The summed E-state index contributed by atoms with van der Waals surface area (Å²) in [5, 5.41) is 17.1. The van der Waals surface area contributed by atoms with Gasteiger partial charge in [0.25, 0.3) is 0 Å². The molecule has 0 heterocycles. The van der Waals surface area contributed by atoms with Crippen molar-refractivity contribution in [2.45, 2.75) is 118 Å². The van der Waals surface area contributed by atoms with Crippen molar-refractivity contribution >= 4 is 52.5 Å². The van der Waals surface area contributed by atoms with E-state index in [0.717, 1.165) is 11.1 Å². The smallest absolute Gasteiger partial charge is 1.00 e. The molecule has 6 N–H and O–H groups in total. The molecule has 5 aromatic rings. The molecule has 0 aliphatic carbocycles. The zero-order chi connectivity index (χ0) is 49.9. The second-order valence-electron chi connectivity index (χ2n) is 19.3. The maximum absolute atomic E-state index is 12.4. The first-order chi connectivity index (χ1) is 30.6. The summed E-state index contributed by atoms with van der Waals surface area (Å²) in [5.74, 6) is -1.40. The van der Waals surface area contributed by atoms with E-state index in [1.165, 1.54) is 0 Å². The van der Waals surface area contributed by atoms with Crippen LogP contribution >= 0.6 is 17.0 Å².